The molecule has 3 rings (SSSR count). The van der Waals surface area contributed by atoms with Gasteiger partial charge in [-0.05, 0) is 37.6 Å². The molecule has 144 valence electrons. The molecule has 8 heteroatoms. The van der Waals surface area contributed by atoms with Crippen molar-refractivity contribution in [3.63, 3.8) is 0 Å². The van der Waals surface area contributed by atoms with Gasteiger partial charge in [-0.1, -0.05) is 0 Å². The molecule has 2 aromatic rings. The number of hydrogen-bond donors (Lipinski definition) is 1. The van der Waals surface area contributed by atoms with Crippen molar-refractivity contribution in [1.82, 2.24) is 9.88 Å². The van der Waals surface area contributed by atoms with Crippen LogP contribution >= 0.6 is 11.3 Å². The predicted molar refractivity (Wildman–Crippen MR) is 101 cm³/mol. The summed E-state index contributed by atoms with van der Waals surface area (Å²) in [6, 6.07) is 7.55. The maximum atomic E-state index is 12.8. The molecule has 1 aromatic heterocycles. The summed E-state index contributed by atoms with van der Waals surface area (Å²) in [4.78, 5) is 30.4. The van der Waals surface area contributed by atoms with Crippen molar-refractivity contribution >= 4 is 23.2 Å². The lowest BCUT2D eigenvalue weighted by Crippen LogP contribution is -2.40. The number of thiazole rings is 1. The number of benzene rings is 1. The van der Waals surface area contributed by atoms with E-state index < -0.39 is 11.4 Å². The Morgan fingerprint density at radius 3 is 2.70 bits per heavy atom. The molecule has 1 saturated heterocycles. The Balaban J connectivity index is 1.73. The van der Waals surface area contributed by atoms with E-state index in [1.54, 1.807) is 10.3 Å². The number of aromatic nitrogens is 1. The lowest BCUT2D eigenvalue weighted by atomic mass is 9.88. The molecule has 2 heterocycles. The molecule has 27 heavy (non-hydrogen) atoms. The summed E-state index contributed by atoms with van der Waals surface area (Å²) in [6.45, 7) is 3.12. The first-order chi connectivity index (χ1) is 13.0. The number of nitrogens with zero attached hydrogens (tertiary/aromatic N) is 2. The average Bonchev–Trinajstić information content (AvgIpc) is 3.31. The minimum atomic E-state index is -1.04. The van der Waals surface area contributed by atoms with E-state index in [9.17, 15) is 14.7 Å². The number of methoxy groups -OCH3 is 1. The second-order valence-electron chi connectivity index (χ2n) is 6.49. The van der Waals surface area contributed by atoms with Crippen LogP contribution in [-0.2, 0) is 9.53 Å². The second kappa shape index (κ2) is 8.06. The van der Waals surface area contributed by atoms with Crippen molar-refractivity contribution in [3.05, 3.63) is 35.3 Å². The Hall–Kier alpha value is -2.45. The fourth-order valence-corrected chi connectivity index (χ4v) is 4.00. The Morgan fingerprint density at radius 1 is 1.33 bits per heavy atom. The predicted octanol–water partition coefficient (Wildman–Crippen LogP) is 2.77. The molecule has 7 nitrogen and oxygen atoms in total. The van der Waals surface area contributed by atoms with E-state index in [1.165, 1.54) is 18.4 Å². The first-order valence-corrected chi connectivity index (χ1v) is 9.57. The average molecular weight is 390 g/mol. The van der Waals surface area contributed by atoms with Gasteiger partial charge in [0.1, 0.15) is 21.9 Å². The van der Waals surface area contributed by atoms with Gasteiger partial charge >= 0.3 is 5.97 Å². The van der Waals surface area contributed by atoms with Gasteiger partial charge in [0.2, 0.25) is 0 Å². The third-order valence-corrected chi connectivity index (χ3v) is 5.54. The van der Waals surface area contributed by atoms with Crippen LogP contribution in [0.2, 0.25) is 0 Å². The van der Waals surface area contributed by atoms with Crippen molar-refractivity contribution in [1.29, 1.82) is 0 Å². The number of rotatable bonds is 7. The topological polar surface area (TPSA) is 89.0 Å². The third-order valence-electron chi connectivity index (χ3n) is 4.65. The van der Waals surface area contributed by atoms with Crippen LogP contribution in [0, 0.1) is 5.41 Å². The second-order valence-corrected chi connectivity index (χ2v) is 7.35. The molecule has 1 amide bonds. The molecule has 1 aromatic carbocycles. The molecule has 0 saturated carbocycles. The molecule has 1 unspecified atom stereocenters. The van der Waals surface area contributed by atoms with E-state index in [0.717, 1.165) is 16.3 Å². The highest BCUT2D eigenvalue weighted by Crippen LogP contribution is 2.33. The summed E-state index contributed by atoms with van der Waals surface area (Å²) in [7, 11) is 1.47. The zero-order valence-corrected chi connectivity index (χ0v) is 16.1. The van der Waals surface area contributed by atoms with Crippen LogP contribution in [0.1, 0.15) is 23.8 Å². The molecule has 1 fully saturated rings. The third kappa shape index (κ3) is 3.96. The zero-order chi connectivity index (χ0) is 19.4. The van der Waals surface area contributed by atoms with Gasteiger partial charge in [0.05, 0.1) is 13.2 Å². The van der Waals surface area contributed by atoms with Crippen LogP contribution in [0.15, 0.2) is 29.6 Å². The van der Waals surface area contributed by atoms with Gasteiger partial charge < -0.3 is 19.5 Å². The molecule has 1 atom stereocenters. The number of carbonyl (C=O) groups is 2. The standard InChI is InChI=1S/C19H22N2O5S/c1-3-26-14-6-4-13(5-7-14)16-20-15(10-27-16)17(22)21-9-8-19(11-21,12-25-2)18(23)24/h4-7,10H,3,8-9,11-12H2,1-2H3,(H,23,24). The SMILES string of the molecule is CCOc1ccc(-c2nc(C(=O)N3CCC(COC)(C(=O)O)C3)cs2)cc1. The molecule has 0 radical (unpaired) electrons. The molecule has 0 bridgehead atoms. The summed E-state index contributed by atoms with van der Waals surface area (Å²) in [5, 5.41) is 12.0. The first kappa shape index (κ1) is 19.3. The molecular formula is C19H22N2O5S. The molecule has 1 aliphatic rings. The van der Waals surface area contributed by atoms with Crippen molar-refractivity contribution in [3.8, 4) is 16.3 Å². The van der Waals surface area contributed by atoms with Crippen LogP contribution in [0.5, 0.6) is 5.75 Å². The number of carbonyl (C=O) groups excluding carboxylic acids is 1. The first-order valence-electron chi connectivity index (χ1n) is 8.69. The fourth-order valence-electron chi connectivity index (χ4n) is 3.20. The fraction of sp³-hybridized carbons (Fsp3) is 0.421. The van der Waals surface area contributed by atoms with Crippen molar-refractivity contribution in [2.45, 2.75) is 13.3 Å². The molecule has 1 N–H and O–H groups in total. The van der Waals surface area contributed by atoms with Crippen LogP contribution in [0.4, 0.5) is 0 Å². The van der Waals surface area contributed by atoms with Crippen molar-refractivity contribution in [2.75, 3.05) is 33.4 Å². The summed E-state index contributed by atoms with van der Waals surface area (Å²) in [6.07, 6.45) is 0.373. The Labute approximate surface area is 161 Å². The van der Waals surface area contributed by atoms with Gasteiger partial charge in [-0.25, -0.2) is 4.98 Å². The lowest BCUT2D eigenvalue weighted by molar-refractivity contribution is -0.151. The molecule has 1 aliphatic heterocycles. The number of carboxylic acid groups (broad SMARTS) is 1. The van der Waals surface area contributed by atoms with Gasteiger partial charge in [-0.15, -0.1) is 11.3 Å². The monoisotopic (exact) mass is 390 g/mol. The highest BCUT2D eigenvalue weighted by Gasteiger charge is 2.46. The molecule has 0 aliphatic carbocycles. The number of carboxylic acids is 1. The Kier molecular flexibility index (Phi) is 5.76. The van der Waals surface area contributed by atoms with Gasteiger partial charge in [0, 0.05) is 31.1 Å². The Bertz CT molecular complexity index is 820. The largest absolute Gasteiger partial charge is 0.494 e. The van der Waals surface area contributed by atoms with Crippen LogP contribution in [-0.4, -0.2) is 60.3 Å². The zero-order valence-electron chi connectivity index (χ0n) is 15.3. The van der Waals surface area contributed by atoms with Crippen molar-refractivity contribution in [2.24, 2.45) is 5.41 Å². The van der Waals surface area contributed by atoms with E-state index >= 15 is 0 Å². The lowest BCUT2D eigenvalue weighted by Gasteiger charge is -2.23. The van der Waals surface area contributed by atoms with E-state index in [-0.39, 0.29) is 19.1 Å². The highest BCUT2D eigenvalue weighted by molar-refractivity contribution is 7.13. The van der Waals surface area contributed by atoms with E-state index in [0.29, 0.717) is 25.3 Å². The van der Waals surface area contributed by atoms with Crippen molar-refractivity contribution < 1.29 is 24.2 Å². The quantitative estimate of drug-likeness (QED) is 0.782. The smallest absolute Gasteiger partial charge is 0.313 e. The summed E-state index contributed by atoms with van der Waals surface area (Å²) in [5.74, 6) is -0.398. The van der Waals surface area contributed by atoms with E-state index in [1.807, 2.05) is 31.2 Å². The Morgan fingerprint density at radius 2 is 2.07 bits per heavy atom. The van der Waals surface area contributed by atoms with Gasteiger partial charge in [-0.3, -0.25) is 9.59 Å². The minimum absolute atomic E-state index is 0.0839. The van der Waals surface area contributed by atoms with Gasteiger partial charge in [-0.2, -0.15) is 0 Å². The van der Waals surface area contributed by atoms with Crippen LogP contribution in [0.25, 0.3) is 10.6 Å². The highest BCUT2D eigenvalue weighted by atomic mass is 32.1. The number of amides is 1. The van der Waals surface area contributed by atoms with Crippen LogP contribution < -0.4 is 4.74 Å². The normalized spacial score (nSPS) is 19.3. The molecular weight excluding hydrogens is 368 g/mol. The number of ether oxygens (including phenoxy) is 2. The van der Waals surface area contributed by atoms with Crippen LogP contribution in [0.3, 0.4) is 0 Å². The molecule has 0 spiro atoms. The number of likely N-dealkylation sites (tertiary alicyclic amines) is 1. The maximum absolute atomic E-state index is 12.8. The van der Waals surface area contributed by atoms with E-state index in [2.05, 4.69) is 4.98 Å². The minimum Gasteiger partial charge on any atom is -0.494 e. The number of aliphatic carboxylic acids is 1. The van der Waals surface area contributed by atoms with E-state index in [4.69, 9.17) is 9.47 Å². The summed E-state index contributed by atoms with van der Waals surface area (Å²) < 4.78 is 10.5. The van der Waals surface area contributed by atoms with Gasteiger partial charge in [0.15, 0.2) is 0 Å². The summed E-state index contributed by atoms with van der Waals surface area (Å²) in [5.41, 5.74) is 0.198. The summed E-state index contributed by atoms with van der Waals surface area (Å²) >= 11 is 1.38. The maximum Gasteiger partial charge on any atom is 0.313 e. The number of hydrogen-bond acceptors (Lipinski definition) is 6. The van der Waals surface area contributed by atoms with Gasteiger partial charge in [0.25, 0.3) is 5.91 Å².